The molecule has 0 saturated carbocycles. The van der Waals surface area contributed by atoms with Gasteiger partial charge >= 0.3 is 0 Å². The Morgan fingerprint density at radius 3 is 1.34 bits per heavy atom. The van der Waals surface area contributed by atoms with Crippen molar-refractivity contribution in [1.29, 1.82) is 0 Å². The molecule has 396 valence electrons. The molecule has 0 radical (unpaired) electrons. The summed E-state index contributed by atoms with van der Waals surface area (Å²) in [5.74, 6) is 1.29. The molecule has 11 aromatic rings. The molecule has 9 aromatic carbocycles. The van der Waals surface area contributed by atoms with Gasteiger partial charge < -0.3 is 13.7 Å². The Labute approximate surface area is 474 Å². The minimum atomic E-state index is -3.16. The maximum atomic E-state index is 7.56. The van der Waals surface area contributed by atoms with Gasteiger partial charge in [0.05, 0.1) is 5.59 Å². The number of aromatic nitrogens is 1. The van der Waals surface area contributed by atoms with Crippen LogP contribution in [0.25, 0.3) is 33.4 Å². The second-order valence-corrected chi connectivity index (χ2v) is 30.3. The van der Waals surface area contributed by atoms with Gasteiger partial charge in [0.1, 0.15) is 11.2 Å². The van der Waals surface area contributed by atoms with E-state index in [4.69, 9.17) is 13.8 Å². The fourth-order valence-corrected chi connectivity index (χ4v) is 17.4. The van der Waals surface area contributed by atoms with Crippen LogP contribution < -0.4 is 47.1 Å². The van der Waals surface area contributed by atoms with Crippen molar-refractivity contribution in [1.82, 2.24) is 4.98 Å². The molecule has 4 heterocycles. The summed E-state index contributed by atoms with van der Waals surface area (Å²) in [4.78, 5) is 10.8. The number of furan rings is 1. The minimum Gasteiger partial charge on any atom is -0.456 e. The lowest BCUT2D eigenvalue weighted by atomic mass is 9.35. The van der Waals surface area contributed by atoms with E-state index < -0.39 is 8.07 Å². The van der Waals surface area contributed by atoms with Crippen molar-refractivity contribution in [3.05, 3.63) is 229 Å². The molecule has 0 fully saturated rings. The van der Waals surface area contributed by atoms with Crippen LogP contribution in [0.3, 0.4) is 0 Å². The van der Waals surface area contributed by atoms with E-state index in [1.54, 1.807) is 0 Å². The molecule has 2 aliphatic heterocycles. The van der Waals surface area contributed by atoms with E-state index in [-0.39, 0.29) is 28.4 Å². The summed E-state index contributed by atoms with van der Waals surface area (Å²) in [6, 6.07) is 77.7. The van der Waals surface area contributed by atoms with Crippen LogP contribution in [0.5, 0.6) is 0 Å². The molecule has 2 aromatic heterocycles. The molecule has 13 rings (SSSR count). The standard InChI is InChI=1S/C73H70BN3O2Si/c1-70(2,3)48-29-35-52(36-30-48)76-61-39-33-51(73(10,11)12)44-60(61)74-66-62(76)45-57(80(54-22-16-13-17-23-54,55-24-18-14-19-25-55)56-26-20-15-21-27-56)46-63(66)77(53-37-31-49(32-38-53)71(4,5)6)69-67(74)75-68(79-69)47-28-40-64-58(42-47)59-43-50(72(7,8)9)34-41-65(59)78-64/h13-46H,1-12H3. The minimum absolute atomic E-state index is 0.0227. The number of hydrogen-bond donors (Lipinski definition) is 0. The van der Waals surface area contributed by atoms with Crippen LogP contribution in [0.1, 0.15) is 105 Å². The van der Waals surface area contributed by atoms with Crippen molar-refractivity contribution in [2.45, 2.75) is 105 Å². The second-order valence-electron chi connectivity index (χ2n) is 26.5. The quantitative estimate of drug-likeness (QED) is 0.118. The average molecular weight is 1060 g/mol. The molecular weight excluding hydrogens is 990 g/mol. The van der Waals surface area contributed by atoms with E-state index in [2.05, 4.69) is 299 Å². The average Bonchev–Trinajstić information content (AvgIpc) is 4.18. The van der Waals surface area contributed by atoms with Crippen LogP contribution >= 0.6 is 0 Å². The Balaban J connectivity index is 1.17. The molecule has 0 amide bonds. The van der Waals surface area contributed by atoms with Gasteiger partial charge in [0, 0.05) is 44.8 Å². The Morgan fingerprint density at radius 2 is 0.825 bits per heavy atom. The van der Waals surface area contributed by atoms with Gasteiger partial charge in [0.2, 0.25) is 11.8 Å². The lowest BCUT2D eigenvalue weighted by molar-refractivity contribution is 0.581. The lowest BCUT2D eigenvalue weighted by Crippen LogP contribution is -2.75. The van der Waals surface area contributed by atoms with Gasteiger partial charge in [-0.1, -0.05) is 217 Å². The summed E-state index contributed by atoms with van der Waals surface area (Å²) in [5, 5.41) is 7.33. The number of nitrogens with zero attached hydrogens (tertiary/aromatic N) is 3. The first-order chi connectivity index (χ1) is 38.2. The van der Waals surface area contributed by atoms with Crippen molar-refractivity contribution < 1.29 is 8.83 Å². The van der Waals surface area contributed by atoms with Crippen LogP contribution in [0.4, 0.5) is 34.3 Å². The molecule has 0 aliphatic carbocycles. The van der Waals surface area contributed by atoms with Gasteiger partial charge in [-0.05, 0) is 148 Å². The molecule has 80 heavy (non-hydrogen) atoms. The molecule has 0 atom stereocenters. The van der Waals surface area contributed by atoms with Crippen molar-refractivity contribution in [3.63, 3.8) is 0 Å². The van der Waals surface area contributed by atoms with E-state index >= 15 is 0 Å². The second kappa shape index (κ2) is 18.5. The molecular formula is C73H70BN3O2Si. The maximum absolute atomic E-state index is 7.56. The largest absolute Gasteiger partial charge is 0.456 e. The third-order valence-electron chi connectivity index (χ3n) is 17.1. The number of anilines is 6. The number of benzene rings is 9. The molecule has 0 unspecified atom stereocenters. The molecule has 7 heteroatoms. The molecule has 0 spiro atoms. The fraction of sp³-hybridized carbons (Fsp3) is 0.219. The topological polar surface area (TPSA) is 45.7 Å². The van der Waals surface area contributed by atoms with Gasteiger partial charge in [0.25, 0.3) is 6.71 Å². The smallest absolute Gasteiger partial charge is 0.279 e. The van der Waals surface area contributed by atoms with Crippen LogP contribution in [0.2, 0.25) is 0 Å². The molecule has 0 saturated heterocycles. The zero-order valence-electron chi connectivity index (χ0n) is 48.4. The van der Waals surface area contributed by atoms with Crippen molar-refractivity contribution >= 4 is 108 Å². The summed E-state index contributed by atoms with van der Waals surface area (Å²) in [6.45, 7) is 27.2. The predicted molar refractivity (Wildman–Crippen MR) is 342 cm³/mol. The summed E-state index contributed by atoms with van der Waals surface area (Å²) in [5.41, 5.74) is 16.2. The lowest BCUT2D eigenvalue weighted by Gasteiger charge is -2.44. The summed E-state index contributed by atoms with van der Waals surface area (Å²) in [6.07, 6.45) is 0. The summed E-state index contributed by atoms with van der Waals surface area (Å²) in [7, 11) is -3.16. The van der Waals surface area contributed by atoms with E-state index in [9.17, 15) is 0 Å². The van der Waals surface area contributed by atoms with Gasteiger partial charge in [0.15, 0.2) is 8.07 Å². The SMILES string of the molecule is CC(C)(C)c1ccc(N2c3ccc(C(C)(C)C)cc3B3c4nc(-c5ccc6oc7ccc(C(C)(C)C)cc7c6c5)oc4N(c4ccc(C(C)(C)C)cc4)c4cc([Si](c5ccccc5)(c5ccccc5)c5ccccc5)cc2c43)cc1. The highest BCUT2D eigenvalue weighted by molar-refractivity contribution is 7.20. The highest BCUT2D eigenvalue weighted by Crippen LogP contribution is 2.46. The molecule has 0 bridgehead atoms. The first kappa shape index (κ1) is 51.3. The predicted octanol–water partition coefficient (Wildman–Crippen LogP) is 14.9. The summed E-state index contributed by atoms with van der Waals surface area (Å²) < 4.78 is 14.1. The molecule has 0 N–H and O–H groups in total. The van der Waals surface area contributed by atoms with Crippen LogP contribution in [-0.2, 0) is 21.7 Å². The van der Waals surface area contributed by atoms with Gasteiger partial charge in [-0.3, -0.25) is 4.90 Å². The molecule has 2 aliphatic rings. The van der Waals surface area contributed by atoms with Crippen molar-refractivity contribution in [2.24, 2.45) is 0 Å². The third-order valence-corrected chi connectivity index (χ3v) is 21.8. The van der Waals surface area contributed by atoms with Crippen molar-refractivity contribution in [2.75, 3.05) is 9.80 Å². The van der Waals surface area contributed by atoms with Crippen molar-refractivity contribution in [3.8, 4) is 11.5 Å². The number of rotatable bonds is 7. The highest BCUT2D eigenvalue weighted by Gasteiger charge is 2.50. The normalized spacial score (nSPS) is 13.7. The Morgan fingerprint density at radius 1 is 0.388 bits per heavy atom. The number of oxazole rings is 1. The van der Waals surface area contributed by atoms with Gasteiger partial charge in [-0.15, -0.1) is 0 Å². The van der Waals surface area contributed by atoms with Gasteiger partial charge in [-0.25, -0.2) is 4.98 Å². The van der Waals surface area contributed by atoms with E-state index in [0.29, 0.717) is 5.89 Å². The van der Waals surface area contributed by atoms with E-state index in [1.165, 1.54) is 53.9 Å². The zero-order valence-corrected chi connectivity index (χ0v) is 49.4. The molecule has 5 nitrogen and oxygen atoms in total. The third kappa shape index (κ3) is 8.38. The van der Waals surface area contributed by atoms with E-state index in [1.807, 2.05) is 0 Å². The van der Waals surface area contributed by atoms with Crippen LogP contribution in [0, 0.1) is 0 Å². The first-order valence-corrected chi connectivity index (χ1v) is 30.5. The Kier molecular flexibility index (Phi) is 11.8. The number of fused-ring (bicyclic) bond motifs is 7. The summed E-state index contributed by atoms with van der Waals surface area (Å²) >= 11 is 0. The van der Waals surface area contributed by atoms with Gasteiger partial charge in [-0.2, -0.15) is 0 Å². The number of hydrogen-bond acceptors (Lipinski definition) is 5. The maximum Gasteiger partial charge on any atom is 0.279 e. The first-order valence-electron chi connectivity index (χ1n) is 28.5. The van der Waals surface area contributed by atoms with E-state index in [0.717, 1.165) is 67.4 Å². The Bertz CT molecular complexity index is 4060. The Hall–Kier alpha value is -8.13. The van der Waals surface area contributed by atoms with Crippen LogP contribution in [-0.4, -0.2) is 19.8 Å². The zero-order chi connectivity index (χ0) is 55.7. The van der Waals surface area contributed by atoms with Crippen LogP contribution in [0.15, 0.2) is 215 Å². The highest BCUT2D eigenvalue weighted by atomic mass is 28.3. The fourth-order valence-electron chi connectivity index (χ4n) is 12.6. The monoisotopic (exact) mass is 1060 g/mol.